The highest BCUT2D eigenvalue weighted by Crippen LogP contribution is 2.23. The first-order valence-corrected chi connectivity index (χ1v) is 9.05. The molecule has 26 heavy (non-hydrogen) atoms. The van der Waals surface area contributed by atoms with Gasteiger partial charge in [0.25, 0.3) is 0 Å². The average molecular weight is 355 g/mol. The van der Waals surface area contributed by atoms with Crippen LogP contribution in [0.1, 0.15) is 31.9 Å². The smallest absolute Gasteiger partial charge is 0.240 e. The Morgan fingerprint density at radius 1 is 1.12 bits per heavy atom. The first-order valence-electron chi connectivity index (χ1n) is 9.05. The fraction of sp³-hybridized carbons (Fsp3) is 0.400. The Hall–Kier alpha value is -2.76. The number of carbonyl (C=O) groups is 2. The minimum absolute atomic E-state index is 0.0148. The molecule has 138 valence electrons. The van der Waals surface area contributed by atoms with Crippen LogP contribution in [0.2, 0.25) is 0 Å². The van der Waals surface area contributed by atoms with Gasteiger partial charge in [0.05, 0.1) is 12.8 Å². The van der Waals surface area contributed by atoms with Gasteiger partial charge in [-0.25, -0.2) is 0 Å². The largest absolute Gasteiger partial charge is 0.467 e. The third-order valence-electron chi connectivity index (χ3n) is 4.60. The molecule has 1 aliphatic rings. The van der Waals surface area contributed by atoms with E-state index in [9.17, 15) is 9.59 Å². The minimum atomic E-state index is -0.225. The van der Waals surface area contributed by atoms with Crippen molar-refractivity contribution in [3.8, 4) is 0 Å². The highest BCUT2D eigenvalue weighted by atomic mass is 16.3. The Bertz CT molecular complexity index is 719. The zero-order valence-corrected chi connectivity index (χ0v) is 15.1. The van der Waals surface area contributed by atoms with Gasteiger partial charge in [-0.05, 0) is 55.7 Å². The van der Waals surface area contributed by atoms with Crippen LogP contribution >= 0.6 is 0 Å². The zero-order chi connectivity index (χ0) is 18.4. The van der Waals surface area contributed by atoms with Crippen molar-refractivity contribution in [3.05, 3.63) is 48.4 Å². The number of rotatable bonds is 6. The van der Waals surface area contributed by atoms with Crippen molar-refractivity contribution in [2.75, 3.05) is 29.4 Å². The van der Waals surface area contributed by atoms with Crippen LogP contribution in [-0.4, -0.2) is 31.4 Å². The quantitative estimate of drug-likeness (QED) is 0.865. The van der Waals surface area contributed by atoms with Gasteiger partial charge in [0.1, 0.15) is 12.3 Å². The fourth-order valence-electron chi connectivity index (χ4n) is 3.18. The second-order valence-electron chi connectivity index (χ2n) is 6.53. The lowest BCUT2D eigenvalue weighted by Gasteiger charge is -2.29. The van der Waals surface area contributed by atoms with E-state index in [1.807, 2.05) is 24.3 Å². The summed E-state index contributed by atoms with van der Waals surface area (Å²) in [6.45, 7) is 3.92. The third-order valence-corrected chi connectivity index (χ3v) is 4.60. The molecule has 3 rings (SSSR count). The Labute approximate surface area is 153 Å². The van der Waals surface area contributed by atoms with Gasteiger partial charge in [0.15, 0.2) is 0 Å². The van der Waals surface area contributed by atoms with Crippen LogP contribution in [0.3, 0.4) is 0 Å². The molecule has 6 heteroatoms. The van der Waals surface area contributed by atoms with Crippen LogP contribution in [0, 0.1) is 0 Å². The molecule has 1 aliphatic heterocycles. The maximum Gasteiger partial charge on any atom is 0.240 e. The third kappa shape index (κ3) is 4.65. The molecular weight excluding hydrogens is 330 g/mol. The number of anilines is 2. The van der Waals surface area contributed by atoms with E-state index in [4.69, 9.17) is 4.42 Å². The number of nitrogens with zero attached hydrogens (tertiary/aromatic N) is 2. The summed E-state index contributed by atoms with van der Waals surface area (Å²) in [4.78, 5) is 28.0. The lowest BCUT2D eigenvalue weighted by Crippen LogP contribution is -2.39. The minimum Gasteiger partial charge on any atom is -0.467 e. The van der Waals surface area contributed by atoms with Crippen LogP contribution < -0.4 is 15.1 Å². The highest BCUT2D eigenvalue weighted by Gasteiger charge is 2.17. The van der Waals surface area contributed by atoms with Crippen molar-refractivity contribution < 1.29 is 14.0 Å². The number of nitrogens with one attached hydrogen (secondary N) is 1. The number of piperidine rings is 1. The molecule has 0 saturated carbocycles. The van der Waals surface area contributed by atoms with Crippen LogP contribution in [0.15, 0.2) is 47.1 Å². The van der Waals surface area contributed by atoms with Gasteiger partial charge in [-0.1, -0.05) is 0 Å². The van der Waals surface area contributed by atoms with E-state index in [1.165, 1.54) is 36.8 Å². The van der Waals surface area contributed by atoms with Crippen LogP contribution in [-0.2, 0) is 16.1 Å². The maximum absolute atomic E-state index is 12.2. The molecule has 6 nitrogen and oxygen atoms in total. The van der Waals surface area contributed by atoms with Crippen LogP contribution in [0.5, 0.6) is 0 Å². The van der Waals surface area contributed by atoms with Crippen molar-refractivity contribution in [2.24, 2.45) is 0 Å². The zero-order valence-electron chi connectivity index (χ0n) is 15.1. The topological polar surface area (TPSA) is 65.8 Å². The lowest BCUT2D eigenvalue weighted by atomic mass is 10.1. The Balaban J connectivity index is 1.61. The molecule has 0 radical (unpaired) electrons. The number of amides is 2. The highest BCUT2D eigenvalue weighted by molar-refractivity contribution is 5.97. The second kappa shape index (κ2) is 8.56. The molecule has 2 amide bonds. The first kappa shape index (κ1) is 18.0. The van der Waals surface area contributed by atoms with E-state index in [0.29, 0.717) is 12.3 Å². The molecule has 0 aliphatic carbocycles. The predicted octanol–water partition coefficient (Wildman–Crippen LogP) is 2.94. The van der Waals surface area contributed by atoms with E-state index >= 15 is 0 Å². The number of hydrogen-bond donors (Lipinski definition) is 1. The van der Waals surface area contributed by atoms with Gasteiger partial charge in [0.2, 0.25) is 11.8 Å². The molecule has 1 N–H and O–H groups in total. The molecule has 1 aromatic heterocycles. The summed E-state index contributed by atoms with van der Waals surface area (Å²) >= 11 is 0. The summed E-state index contributed by atoms with van der Waals surface area (Å²) < 4.78 is 5.19. The summed E-state index contributed by atoms with van der Waals surface area (Å²) in [6.07, 6.45) is 5.29. The van der Waals surface area contributed by atoms with Crippen molar-refractivity contribution in [2.45, 2.75) is 32.7 Å². The van der Waals surface area contributed by atoms with Gasteiger partial charge in [-0.2, -0.15) is 0 Å². The van der Waals surface area contributed by atoms with Gasteiger partial charge in [-0.3, -0.25) is 9.59 Å². The summed E-state index contributed by atoms with van der Waals surface area (Å²) in [5.74, 6) is 0.291. The summed E-state index contributed by atoms with van der Waals surface area (Å²) in [5, 5.41) is 2.77. The Kier molecular flexibility index (Phi) is 5.94. The Morgan fingerprint density at radius 3 is 2.46 bits per heavy atom. The molecule has 0 bridgehead atoms. The van der Waals surface area contributed by atoms with E-state index < -0.39 is 0 Å². The van der Waals surface area contributed by atoms with E-state index in [-0.39, 0.29) is 18.4 Å². The van der Waals surface area contributed by atoms with Gasteiger partial charge >= 0.3 is 0 Å². The van der Waals surface area contributed by atoms with Crippen molar-refractivity contribution >= 4 is 23.2 Å². The van der Waals surface area contributed by atoms with Crippen molar-refractivity contribution in [1.29, 1.82) is 0 Å². The van der Waals surface area contributed by atoms with Crippen LogP contribution in [0.25, 0.3) is 0 Å². The average Bonchev–Trinajstić information content (AvgIpc) is 3.19. The molecule has 1 aromatic carbocycles. The van der Waals surface area contributed by atoms with Gasteiger partial charge in [0, 0.05) is 31.4 Å². The van der Waals surface area contributed by atoms with Gasteiger partial charge < -0.3 is 19.5 Å². The SMILES string of the molecule is CC(=O)N(CC(=O)NCc1ccco1)c1ccc(N2CCCCC2)cc1. The number of carbonyl (C=O) groups excluding carboxylic acids is 2. The number of furan rings is 1. The van der Waals surface area contributed by atoms with E-state index in [2.05, 4.69) is 10.2 Å². The molecule has 2 heterocycles. The molecule has 0 unspecified atom stereocenters. The van der Waals surface area contributed by atoms with Crippen molar-refractivity contribution in [3.63, 3.8) is 0 Å². The fourth-order valence-corrected chi connectivity index (χ4v) is 3.18. The normalized spacial score (nSPS) is 14.1. The van der Waals surface area contributed by atoms with Crippen LogP contribution in [0.4, 0.5) is 11.4 Å². The number of hydrogen-bond acceptors (Lipinski definition) is 4. The standard InChI is InChI=1S/C20H25N3O3/c1-16(24)23(15-20(25)21-14-19-6-5-13-26-19)18-9-7-17(8-10-18)22-11-3-2-4-12-22/h5-10,13H,2-4,11-12,14-15H2,1H3,(H,21,25). The van der Waals surface area contributed by atoms with Crippen molar-refractivity contribution in [1.82, 2.24) is 5.32 Å². The number of benzene rings is 1. The van der Waals surface area contributed by atoms with Gasteiger partial charge in [-0.15, -0.1) is 0 Å². The second-order valence-corrected chi connectivity index (χ2v) is 6.53. The summed E-state index contributed by atoms with van der Waals surface area (Å²) in [7, 11) is 0. The first-order chi connectivity index (χ1) is 12.6. The summed E-state index contributed by atoms with van der Waals surface area (Å²) in [5.41, 5.74) is 1.89. The van der Waals surface area contributed by atoms with E-state index in [0.717, 1.165) is 18.8 Å². The molecule has 0 spiro atoms. The molecule has 0 atom stereocenters. The molecule has 2 aromatic rings. The van der Waals surface area contributed by atoms with E-state index in [1.54, 1.807) is 18.4 Å². The Morgan fingerprint density at radius 2 is 1.85 bits per heavy atom. The maximum atomic E-state index is 12.2. The lowest BCUT2D eigenvalue weighted by molar-refractivity contribution is -0.123. The molecular formula is C20H25N3O3. The monoisotopic (exact) mass is 355 g/mol. The summed E-state index contributed by atoms with van der Waals surface area (Å²) in [6, 6.07) is 11.4. The molecule has 1 saturated heterocycles. The predicted molar refractivity (Wildman–Crippen MR) is 101 cm³/mol. The molecule has 1 fully saturated rings.